The molecule has 1 aromatic heterocycles. The minimum Gasteiger partial charge on any atom is -0.481 e. The standard InChI is InChI=1S/C16H20N4O3.C2H4O2/c21-13-9-22-10-14(13)23-15-11-3-1-2-4-12(11)18-16(19-15)20-7-5-17-6-8-20;1-2(3)4/h1-4,13-14,17,21H,5-10H2;1H3,(H,3,4)/t13-,14+;/m0./s1. The van der Waals surface area contributed by atoms with Crippen LogP contribution < -0.4 is 15.0 Å². The van der Waals surface area contributed by atoms with Crippen molar-refractivity contribution in [2.45, 2.75) is 19.1 Å². The van der Waals surface area contributed by atoms with Crippen molar-refractivity contribution in [3.05, 3.63) is 24.3 Å². The zero-order chi connectivity index (χ0) is 19.2. The van der Waals surface area contributed by atoms with Crippen LogP contribution in [0.5, 0.6) is 5.88 Å². The molecule has 2 fully saturated rings. The maximum Gasteiger partial charge on any atom is 0.300 e. The molecule has 0 amide bonds. The van der Waals surface area contributed by atoms with Gasteiger partial charge in [-0.2, -0.15) is 4.98 Å². The van der Waals surface area contributed by atoms with Gasteiger partial charge in [-0.15, -0.1) is 0 Å². The molecule has 2 saturated heterocycles. The molecule has 1 aromatic carbocycles. The van der Waals surface area contributed by atoms with Crippen LogP contribution in [-0.4, -0.2) is 77.8 Å². The number of ether oxygens (including phenoxy) is 2. The van der Waals surface area contributed by atoms with Crippen molar-refractivity contribution in [3.63, 3.8) is 0 Å². The second-order valence-electron chi connectivity index (χ2n) is 6.36. The zero-order valence-corrected chi connectivity index (χ0v) is 15.2. The summed E-state index contributed by atoms with van der Waals surface area (Å²) >= 11 is 0. The summed E-state index contributed by atoms with van der Waals surface area (Å²) in [6.07, 6.45) is -1.00. The van der Waals surface area contributed by atoms with Gasteiger partial charge >= 0.3 is 0 Å². The Morgan fingerprint density at radius 3 is 2.63 bits per heavy atom. The molecule has 146 valence electrons. The van der Waals surface area contributed by atoms with Crippen LogP contribution in [0.4, 0.5) is 5.95 Å². The number of para-hydroxylation sites is 1. The third kappa shape index (κ3) is 5.03. The van der Waals surface area contributed by atoms with Crippen LogP contribution >= 0.6 is 0 Å². The van der Waals surface area contributed by atoms with E-state index in [0.717, 1.165) is 44.0 Å². The molecule has 4 rings (SSSR count). The molecular weight excluding hydrogens is 352 g/mol. The molecule has 9 nitrogen and oxygen atoms in total. The largest absolute Gasteiger partial charge is 0.481 e. The minimum atomic E-state index is -0.833. The molecule has 0 radical (unpaired) electrons. The summed E-state index contributed by atoms with van der Waals surface area (Å²) in [6.45, 7) is 5.34. The Bertz CT molecular complexity index is 777. The van der Waals surface area contributed by atoms with E-state index in [1.54, 1.807) is 0 Å². The molecule has 9 heteroatoms. The summed E-state index contributed by atoms with van der Waals surface area (Å²) < 4.78 is 11.2. The summed E-state index contributed by atoms with van der Waals surface area (Å²) in [6, 6.07) is 7.78. The van der Waals surface area contributed by atoms with Gasteiger partial charge in [-0.25, -0.2) is 4.98 Å². The van der Waals surface area contributed by atoms with E-state index >= 15 is 0 Å². The second kappa shape index (κ2) is 8.94. The third-order valence-corrected chi connectivity index (χ3v) is 4.22. The Labute approximate surface area is 156 Å². The number of fused-ring (bicyclic) bond motifs is 1. The number of nitrogens with zero attached hydrogens (tertiary/aromatic N) is 3. The number of aliphatic carboxylic acids is 1. The fourth-order valence-corrected chi connectivity index (χ4v) is 2.91. The quantitative estimate of drug-likeness (QED) is 0.694. The first-order valence-electron chi connectivity index (χ1n) is 8.89. The lowest BCUT2D eigenvalue weighted by atomic mass is 10.2. The number of carboxylic acids is 1. The highest BCUT2D eigenvalue weighted by Gasteiger charge is 2.29. The molecule has 2 atom stereocenters. The van der Waals surface area contributed by atoms with Gasteiger partial charge in [0.05, 0.1) is 24.1 Å². The number of benzene rings is 1. The first kappa shape index (κ1) is 19.3. The van der Waals surface area contributed by atoms with Crippen molar-refractivity contribution in [3.8, 4) is 5.88 Å². The lowest BCUT2D eigenvalue weighted by Gasteiger charge is -2.28. The molecule has 0 saturated carbocycles. The second-order valence-corrected chi connectivity index (χ2v) is 6.36. The zero-order valence-electron chi connectivity index (χ0n) is 15.2. The lowest BCUT2D eigenvalue weighted by Crippen LogP contribution is -2.44. The fraction of sp³-hybridized carbons (Fsp3) is 0.500. The number of aliphatic hydroxyl groups is 1. The van der Waals surface area contributed by atoms with Gasteiger partial charge in [-0.1, -0.05) is 12.1 Å². The average Bonchev–Trinajstić information content (AvgIpc) is 3.06. The van der Waals surface area contributed by atoms with Crippen molar-refractivity contribution in [2.75, 3.05) is 44.3 Å². The first-order valence-corrected chi connectivity index (χ1v) is 8.89. The van der Waals surface area contributed by atoms with Gasteiger partial charge in [-0.3, -0.25) is 4.79 Å². The van der Waals surface area contributed by atoms with Crippen molar-refractivity contribution in [1.29, 1.82) is 0 Å². The molecule has 2 aliphatic rings. The van der Waals surface area contributed by atoms with Gasteiger partial charge in [0.25, 0.3) is 5.97 Å². The molecule has 0 bridgehead atoms. The van der Waals surface area contributed by atoms with Gasteiger partial charge in [0, 0.05) is 33.1 Å². The van der Waals surface area contributed by atoms with Crippen LogP contribution in [0.15, 0.2) is 24.3 Å². The van der Waals surface area contributed by atoms with Crippen LogP contribution in [0, 0.1) is 0 Å². The Hall–Kier alpha value is -2.49. The van der Waals surface area contributed by atoms with Crippen LogP contribution in [0.1, 0.15) is 6.92 Å². The topological polar surface area (TPSA) is 117 Å². The number of hydrogen-bond acceptors (Lipinski definition) is 8. The van der Waals surface area contributed by atoms with Crippen LogP contribution in [0.25, 0.3) is 10.9 Å². The summed E-state index contributed by atoms with van der Waals surface area (Å²) in [4.78, 5) is 20.4. The van der Waals surface area contributed by atoms with Crippen molar-refractivity contribution >= 4 is 22.8 Å². The number of aromatic nitrogens is 2. The van der Waals surface area contributed by atoms with Crippen LogP contribution in [-0.2, 0) is 9.53 Å². The van der Waals surface area contributed by atoms with Gasteiger partial charge < -0.3 is 29.9 Å². The van der Waals surface area contributed by atoms with Gasteiger partial charge in [0.1, 0.15) is 6.10 Å². The van der Waals surface area contributed by atoms with E-state index in [0.29, 0.717) is 25.0 Å². The molecule has 3 N–H and O–H groups in total. The van der Waals surface area contributed by atoms with E-state index in [9.17, 15) is 5.11 Å². The van der Waals surface area contributed by atoms with Crippen molar-refractivity contribution < 1.29 is 24.5 Å². The molecule has 2 aliphatic heterocycles. The van der Waals surface area contributed by atoms with E-state index in [1.807, 2.05) is 24.3 Å². The molecule has 27 heavy (non-hydrogen) atoms. The smallest absolute Gasteiger partial charge is 0.300 e. The highest BCUT2D eigenvalue weighted by atomic mass is 16.6. The first-order chi connectivity index (χ1) is 13.0. The van der Waals surface area contributed by atoms with Crippen molar-refractivity contribution in [1.82, 2.24) is 15.3 Å². The maximum atomic E-state index is 9.93. The lowest BCUT2D eigenvalue weighted by molar-refractivity contribution is -0.134. The number of rotatable bonds is 3. The van der Waals surface area contributed by atoms with E-state index in [1.165, 1.54) is 0 Å². The van der Waals surface area contributed by atoms with Gasteiger partial charge in [-0.05, 0) is 12.1 Å². The molecule has 2 aromatic rings. The Morgan fingerprint density at radius 2 is 1.96 bits per heavy atom. The van der Waals surface area contributed by atoms with E-state index < -0.39 is 12.1 Å². The summed E-state index contributed by atoms with van der Waals surface area (Å²) in [5.74, 6) is 0.354. The summed E-state index contributed by atoms with van der Waals surface area (Å²) in [5.41, 5.74) is 0.847. The highest BCUT2D eigenvalue weighted by molar-refractivity contribution is 5.84. The number of piperazine rings is 1. The van der Waals surface area contributed by atoms with Crippen LogP contribution in [0.2, 0.25) is 0 Å². The SMILES string of the molecule is CC(=O)O.O[C@H]1COC[C@H]1Oc1nc(N2CCNCC2)nc2ccccc12. The number of aliphatic hydroxyl groups excluding tert-OH is 1. The van der Waals surface area contributed by atoms with E-state index in [4.69, 9.17) is 19.4 Å². The minimum absolute atomic E-state index is 0.304. The molecule has 3 heterocycles. The summed E-state index contributed by atoms with van der Waals surface area (Å²) in [7, 11) is 0. The number of carbonyl (C=O) groups is 1. The summed E-state index contributed by atoms with van der Waals surface area (Å²) in [5, 5.41) is 21.5. The third-order valence-electron chi connectivity index (χ3n) is 4.22. The van der Waals surface area contributed by atoms with Crippen molar-refractivity contribution in [2.24, 2.45) is 0 Å². The average molecular weight is 376 g/mol. The molecule has 0 unspecified atom stereocenters. The predicted octanol–water partition coefficient (Wildman–Crippen LogP) is 0.269. The normalized spacial score (nSPS) is 22.2. The number of hydrogen-bond donors (Lipinski definition) is 3. The Morgan fingerprint density at radius 1 is 1.26 bits per heavy atom. The Balaban J connectivity index is 0.000000481. The van der Waals surface area contributed by atoms with E-state index in [-0.39, 0.29) is 6.10 Å². The van der Waals surface area contributed by atoms with Gasteiger partial charge in [0.15, 0.2) is 6.10 Å². The van der Waals surface area contributed by atoms with Gasteiger partial charge in [0.2, 0.25) is 11.8 Å². The molecular formula is C18H24N4O5. The highest BCUT2D eigenvalue weighted by Crippen LogP contribution is 2.27. The number of anilines is 1. The molecule has 0 spiro atoms. The van der Waals surface area contributed by atoms with Crippen LogP contribution in [0.3, 0.4) is 0 Å². The number of carboxylic acid groups (broad SMARTS) is 1. The maximum absolute atomic E-state index is 9.93. The monoisotopic (exact) mass is 376 g/mol. The number of nitrogens with one attached hydrogen (secondary N) is 1. The Kier molecular flexibility index (Phi) is 6.38. The van der Waals surface area contributed by atoms with E-state index in [2.05, 4.69) is 20.2 Å². The fourth-order valence-electron chi connectivity index (χ4n) is 2.91. The predicted molar refractivity (Wildman–Crippen MR) is 99.2 cm³/mol. The molecule has 0 aliphatic carbocycles.